The van der Waals surface area contributed by atoms with Crippen molar-refractivity contribution in [2.45, 2.75) is 33.2 Å². The maximum Gasteiger partial charge on any atom is 0.191 e. The second-order valence-electron chi connectivity index (χ2n) is 7.72. The van der Waals surface area contributed by atoms with Crippen LogP contribution in [0.25, 0.3) is 10.9 Å². The van der Waals surface area contributed by atoms with Crippen LogP contribution >= 0.6 is 0 Å². The third-order valence-corrected chi connectivity index (χ3v) is 5.75. The molecule has 6 nitrogen and oxygen atoms in total. The Morgan fingerprint density at radius 3 is 2.72 bits per heavy atom. The molecule has 2 heterocycles. The average molecular weight is 403 g/mol. The van der Waals surface area contributed by atoms with E-state index in [9.17, 15) is 4.39 Å². The molecular formula is C22H35FN6. The molecule has 3 rings (SSSR count). The summed E-state index contributed by atoms with van der Waals surface area (Å²) in [4.78, 5) is 13.0. The van der Waals surface area contributed by atoms with Gasteiger partial charge in [0.2, 0.25) is 0 Å². The van der Waals surface area contributed by atoms with E-state index in [1.807, 2.05) is 6.20 Å². The van der Waals surface area contributed by atoms with Crippen molar-refractivity contribution in [2.24, 2.45) is 4.99 Å². The van der Waals surface area contributed by atoms with Crippen LogP contribution in [0.15, 0.2) is 29.4 Å². The number of hydrogen-bond acceptors (Lipinski definition) is 3. The highest BCUT2D eigenvalue weighted by Gasteiger charge is 2.19. The van der Waals surface area contributed by atoms with Gasteiger partial charge in [-0.15, -0.1) is 0 Å². The summed E-state index contributed by atoms with van der Waals surface area (Å²) < 4.78 is 13.6. The fraction of sp³-hybridized carbons (Fsp3) is 0.591. The minimum Gasteiger partial charge on any atom is -0.361 e. The lowest BCUT2D eigenvalue weighted by molar-refractivity contribution is 0.109. The van der Waals surface area contributed by atoms with Crippen molar-refractivity contribution in [1.82, 2.24) is 25.4 Å². The van der Waals surface area contributed by atoms with E-state index in [1.165, 1.54) is 6.07 Å². The smallest absolute Gasteiger partial charge is 0.191 e. The third kappa shape index (κ3) is 5.93. The zero-order valence-electron chi connectivity index (χ0n) is 18.0. The summed E-state index contributed by atoms with van der Waals surface area (Å²) in [5.74, 6) is 0.646. The lowest BCUT2D eigenvalue weighted by Gasteiger charge is -2.37. The Kier molecular flexibility index (Phi) is 7.89. The molecule has 2 aromatic rings. The second kappa shape index (κ2) is 10.6. The first-order chi connectivity index (χ1) is 14.1. The van der Waals surface area contributed by atoms with Crippen LogP contribution in [0.2, 0.25) is 0 Å². The molecule has 3 N–H and O–H groups in total. The molecule has 0 bridgehead atoms. The summed E-state index contributed by atoms with van der Waals surface area (Å²) in [5.41, 5.74) is 2.09. The summed E-state index contributed by atoms with van der Waals surface area (Å²) in [7, 11) is 0. The first-order valence-corrected chi connectivity index (χ1v) is 10.8. The number of guanidine groups is 1. The van der Waals surface area contributed by atoms with Crippen LogP contribution in [0.5, 0.6) is 0 Å². The second-order valence-corrected chi connectivity index (χ2v) is 7.72. The predicted octanol–water partition coefficient (Wildman–Crippen LogP) is 2.43. The first kappa shape index (κ1) is 21.6. The number of halogens is 1. The number of hydrogen-bond donors (Lipinski definition) is 3. The highest BCUT2D eigenvalue weighted by atomic mass is 19.1. The number of benzene rings is 1. The molecule has 160 valence electrons. The Balaban J connectivity index is 1.50. The Labute approximate surface area is 173 Å². The minimum absolute atomic E-state index is 0.199. The van der Waals surface area contributed by atoms with E-state index in [-0.39, 0.29) is 5.82 Å². The van der Waals surface area contributed by atoms with Crippen LogP contribution in [0.4, 0.5) is 4.39 Å². The van der Waals surface area contributed by atoms with Gasteiger partial charge in [0.1, 0.15) is 5.82 Å². The Morgan fingerprint density at radius 1 is 1.21 bits per heavy atom. The van der Waals surface area contributed by atoms with Crippen molar-refractivity contribution >= 4 is 16.9 Å². The molecule has 1 aliphatic rings. The van der Waals surface area contributed by atoms with Gasteiger partial charge in [0.05, 0.1) is 6.54 Å². The highest BCUT2D eigenvalue weighted by Crippen LogP contribution is 2.19. The van der Waals surface area contributed by atoms with Gasteiger partial charge in [0.25, 0.3) is 0 Å². The van der Waals surface area contributed by atoms with Crippen LogP contribution in [0.1, 0.15) is 26.3 Å². The SMILES string of the molecule is CCNC(=NCC(C)N1CCN(CC)CC1)NCCc1c[nH]c2ccc(F)cc12. The molecule has 1 saturated heterocycles. The van der Waals surface area contributed by atoms with Gasteiger partial charge in [0, 0.05) is 62.4 Å². The van der Waals surface area contributed by atoms with Gasteiger partial charge in [0.15, 0.2) is 5.96 Å². The van der Waals surface area contributed by atoms with Gasteiger partial charge in [-0.3, -0.25) is 9.89 Å². The van der Waals surface area contributed by atoms with E-state index in [1.54, 1.807) is 12.1 Å². The van der Waals surface area contributed by atoms with E-state index in [0.29, 0.717) is 6.04 Å². The number of H-pyrrole nitrogens is 1. The molecule has 29 heavy (non-hydrogen) atoms. The standard InChI is InChI=1S/C22H35FN6/c1-4-24-22(27-15-17(3)29-12-10-28(5-2)11-13-29)25-9-8-18-16-26-21-7-6-19(23)14-20(18)21/h6-7,14,16-17,26H,4-5,8-13,15H2,1-3H3,(H2,24,25,27). The highest BCUT2D eigenvalue weighted by molar-refractivity contribution is 5.83. The van der Waals surface area contributed by atoms with E-state index < -0.39 is 0 Å². The number of aliphatic imine (C=N–C) groups is 1. The zero-order valence-corrected chi connectivity index (χ0v) is 18.0. The van der Waals surface area contributed by atoms with E-state index in [4.69, 9.17) is 4.99 Å². The van der Waals surface area contributed by atoms with Crippen LogP contribution in [-0.4, -0.2) is 79.1 Å². The summed E-state index contributed by atoms with van der Waals surface area (Å²) in [6, 6.07) is 5.30. The van der Waals surface area contributed by atoms with Gasteiger partial charge in [-0.05, 0) is 50.6 Å². The van der Waals surface area contributed by atoms with Gasteiger partial charge in [-0.25, -0.2) is 4.39 Å². The molecule has 1 fully saturated rings. The number of likely N-dealkylation sites (N-methyl/N-ethyl adjacent to an activating group) is 1. The lowest BCUT2D eigenvalue weighted by atomic mass is 10.1. The number of nitrogens with zero attached hydrogens (tertiary/aromatic N) is 3. The fourth-order valence-electron chi connectivity index (χ4n) is 3.87. The van der Waals surface area contributed by atoms with Crippen molar-refractivity contribution in [3.63, 3.8) is 0 Å². The number of piperazine rings is 1. The van der Waals surface area contributed by atoms with E-state index >= 15 is 0 Å². The van der Waals surface area contributed by atoms with Crippen LogP contribution in [-0.2, 0) is 6.42 Å². The van der Waals surface area contributed by atoms with E-state index in [0.717, 1.165) is 81.2 Å². The molecular weight excluding hydrogens is 367 g/mol. The van der Waals surface area contributed by atoms with Crippen molar-refractivity contribution in [1.29, 1.82) is 0 Å². The summed E-state index contributed by atoms with van der Waals surface area (Å²) in [6.45, 7) is 14.6. The van der Waals surface area contributed by atoms with Gasteiger partial charge >= 0.3 is 0 Å². The largest absolute Gasteiger partial charge is 0.361 e. The molecule has 0 saturated carbocycles. The molecule has 1 aromatic heterocycles. The Hall–Kier alpha value is -2.12. The zero-order chi connectivity index (χ0) is 20.6. The van der Waals surface area contributed by atoms with Crippen LogP contribution in [0, 0.1) is 5.82 Å². The maximum atomic E-state index is 13.6. The van der Waals surface area contributed by atoms with Gasteiger partial charge in [-0.1, -0.05) is 6.92 Å². The van der Waals surface area contributed by atoms with Crippen LogP contribution in [0.3, 0.4) is 0 Å². The molecule has 1 aliphatic heterocycles. The molecule has 0 radical (unpaired) electrons. The number of aromatic nitrogens is 1. The molecule has 0 spiro atoms. The quantitative estimate of drug-likeness (QED) is 0.469. The minimum atomic E-state index is -0.199. The molecule has 7 heteroatoms. The Morgan fingerprint density at radius 2 is 2.00 bits per heavy atom. The monoisotopic (exact) mass is 402 g/mol. The molecule has 0 aliphatic carbocycles. The van der Waals surface area contributed by atoms with Crippen LogP contribution < -0.4 is 10.6 Å². The first-order valence-electron chi connectivity index (χ1n) is 10.8. The summed E-state index contributed by atoms with van der Waals surface area (Å²) in [5, 5.41) is 7.70. The number of aromatic amines is 1. The number of nitrogens with one attached hydrogen (secondary N) is 3. The molecule has 1 aromatic carbocycles. The topological polar surface area (TPSA) is 58.7 Å². The van der Waals surface area contributed by atoms with Crippen molar-refractivity contribution < 1.29 is 4.39 Å². The Bertz CT molecular complexity index is 794. The third-order valence-electron chi connectivity index (χ3n) is 5.75. The van der Waals surface area contributed by atoms with Crippen molar-refractivity contribution in [3.05, 3.63) is 35.8 Å². The number of rotatable bonds is 8. The van der Waals surface area contributed by atoms with E-state index in [2.05, 4.69) is 46.2 Å². The predicted molar refractivity (Wildman–Crippen MR) is 119 cm³/mol. The van der Waals surface area contributed by atoms with Gasteiger partial charge in [-0.2, -0.15) is 0 Å². The molecule has 1 atom stereocenters. The van der Waals surface area contributed by atoms with Gasteiger partial charge < -0.3 is 20.5 Å². The van der Waals surface area contributed by atoms with Crippen molar-refractivity contribution in [3.8, 4) is 0 Å². The summed E-state index contributed by atoms with van der Waals surface area (Å²) >= 11 is 0. The fourth-order valence-corrected chi connectivity index (χ4v) is 3.87. The maximum absolute atomic E-state index is 13.6. The van der Waals surface area contributed by atoms with Crippen molar-refractivity contribution in [2.75, 3.05) is 52.4 Å². The molecule has 0 amide bonds. The summed E-state index contributed by atoms with van der Waals surface area (Å²) in [6.07, 6.45) is 2.77. The average Bonchev–Trinajstić information content (AvgIpc) is 3.14. The molecule has 1 unspecified atom stereocenters. The lowest BCUT2D eigenvalue weighted by Crippen LogP contribution is -2.50. The normalized spacial score (nSPS) is 17.6. The number of fused-ring (bicyclic) bond motifs is 1.